The monoisotopic (exact) mass is 267 g/mol. The fourth-order valence-electron chi connectivity index (χ4n) is 2.41. The normalized spacial score (nSPS) is 17.7. The van der Waals surface area contributed by atoms with Crippen LogP contribution in [0.1, 0.15) is 17.5 Å². The van der Waals surface area contributed by atoms with E-state index in [1.54, 1.807) is 12.1 Å². The van der Waals surface area contributed by atoms with E-state index in [1.807, 2.05) is 7.05 Å². The van der Waals surface area contributed by atoms with E-state index in [2.05, 4.69) is 10.8 Å². The lowest BCUT2D eigenvalue weighted by Crippen LogP contribution is -2.36. The van der Waals surface area contributed by atoms with Crippen LogP contribution in [-0.2, 0) is 12.8 Å². The second-order valence-electron chi connectivity index (χ2n) is 4.63. The molecule has 0 radical (unpaired) electrons. The lowest BCUT2D eigenvalue weighted by atomic mass is 9.87. The summed E-state index contributed by atoms with van der Waals surface area (Å²) in [6.45, 7) is 0.643. The Morgan fingerprint density at radius 3 is 2.56 bits per heavy atom. The molecule has 18 heavy (non-hydrogen) atoms. The van der Waals surface area contributed by atoms with Crippen LogP contribution in [0.2, 0.25) is 0 Å². The molecule has 1 aromatic carbocycles. The zero-order chi connectivity index (χ0) is 12.4. The Kier molecular flexibility index (Phi) is 4.89. The van der Waals surface area contributed by atoms with Gasteiger partial charge in [-0.3, -0.25) is 4.90 Å². The molecule has 2 rings (SSSR count). The predicted molar refractivity (Wildman–Crippen MR) is 74.3 cm³/mol. The first-order valence-corrected chi connectivity index (χ1v) is 5.79. The van der Waals surface area contributed by atoms with Crippen LogP contribution in [0, 0.1) is 12.3 Å². The minimum atomic E-state index is -0.0380. The first-order valence-electron chi connectivity index (χ1n) is 5.79. The Labute approximate surface area is 114 Å². The van der Waals surface area contributed by atoms with Crippen molar-refractivity contribution in [1.29, 1.82) is 0 Å². The fourth-order valence-corrected chi connectivity index (χ4v) is 2.41. The van der Waals surface area contributed by atoms with Gasteiger partial charge in [-0.2, -0.15) is 0 Å². The summed E-state index contributed by atoms with van der Waals surface area (Å²) in [5.74, 6) is 2.58. The summed E-state index contributed by atoms with van der Waals surface area (Å²) in [6.07, 6.45) is 8.14. The number of rotatable bonds is 2. The standard InChI is InChI=1S/C14H17NO2.ClH/c1-3-6-15(2)12-5-4-10-8-13(16)14(17)9-11(10)7-12;/h1,8-9,12,16-17H,4-7H2,2H3;1H. The highest BCUT2D eigenvalue weighted by atomic mass is 35.5. The number of nitrogens with zero attached hydrogens (tertiary/aromatic N) is 1. The van der Waals surface area contributed by atoms with Crippen molar-refractivity contribution in [2.24, 2.45) is 0 Å². The van der Waals surface area contributed by atoms with E-state index >= 15 is 0 Å². The number of phenolic OH excluding ortho intramolecular Hbond substituents is 2. The highest BCUT2D eigenvalue weighted by Crippen LogP contribution is 2.33. The van der Waals surface area contributed by atoms with Gasteiger partial charge < -0.3 is 10.2 Å². The maximum Gasteiger partial charge on any atom is 0.157 e. The lowest BCUT2D eigenvalue weighted by Gasteiger charge is -2.31. The molecule has 1 atom stereocenters. The molecule has 0 saturated carbocycles. The summed E-state index contributed by atoms with van der Waals surface area (Å²) in [4.78, 5) is 2.16. The molecule has 0 bridgehead atoms. The number of aromatic hydroxyl groups is 2. The zero-order valence-corrected chi connectivity index (χ0v) is 11.2. The van der Waals surface area contributed by atoms with Crippen molar-refractivity contribution in [2.45, 2.75) is 25.3 Å². The SMILES string of the molecule is C#CCN(C)C1CCc2cc(O)c(O)cc2C1.Cl. The second-order valence-corrected chi connectivity index (χ2v) is 4.63. The van der Waals surface area contributed by atoms with Gasteiger partial charge >= 0.3 is 0 Å². The van der Waals surface area contributed by atoms with Gasteiger partial charge in [0.1, 0.15) is 0 Å². The van der Waals surface area contributed by atoms with Gasteiger partial charge in [0.2, 0.25) is 0 Å². The van der Waals surface area contributed by atoms with Crippen molar-refractivity contribution in [3.63, 3.8) is 0 Å². The number of aryl methyl sites for hydroxylation is 1. The molecule has 0 spiro atoms. The topological polar surface area (TPSA) is 43.7 Å². The number of likely N-dealkylation sites (N-methyl/N-ethyl adjacent to an activating group) is 1. The Morgan fingerprint density at radius 2 is 1.94 bits per heavy atom. The third-order valence-corrected chi connectivity index (χ3v) is 3.46. The molecular weight excluding hydrogens is 250 g/mol. The summed E-state index contributed by atoms with van der Waals surface area (Å²) in [7, 11) is 2.02. The highest BCUT2D eigenvalue weighted by molar-refractivity contribution is 5.85. The minimum absolute atomic E-state index is 0. The van der Waals surface area contributed by atoms with E-state index in [0.29, 0.717) is 12.6 Å². The number of phenols is 2. The smallest absolute Gasteiger partial charge is 0.157 e. The van der Waals surface area contributed by atoms with Crippen molar-refractivity contribution in [3.8, 4) is 23.8 Å². The molecule has 0 saturated heterocycles. The van der Waals surface area contributed by atoms with Gasteiger partial charge in [0.05, 0.1) is 6.54 Å². The van der Waals surface area contributed by atoms with Gasteiger partial charge in [0.25, 0.3) is 0 Å². The van der Waals surface area contributed by atoms with E-state index in [-0.39, 0.29) is 23.9 Å². The molecule has 1 unspecified atom stereocenters. The van der Waals surface area contributed by atoms with Crippen LogP contribution in [0.5, 0.6) is 11.5 Å². The van der Waals surface area contributed by atoms with Gasteiger partial charge in [0.15, 0.2) is 11.5 Å². The molecule has 0 fully saturated rings. The largest absolute Gasteiger partial charge is 0.504 e. The number of benzene rings is 1. The average molecular weight is 268 g/mol. The van der Waals surface area contributed by atoms with Crippen LogP contribution in [0.3, 0.4) is 0 Å². The van der Waals surface area contributed by atoms with Crippen molar-refractivity contribution in [2.75, 3.05) is 13.6 Å². The van der Waals surface area contributed by atoms with Gasteiger partial charge in [0, 0.05) is 6.04 Å². The number of fused-ring (bicyclic) bond motifs is 1. The molecule has 2 N–H and O–H groups in total. The molecule has 0 amide bonds. The Hall–Kier alpha value is -1.37. The molecule has 4 heteroatoms. The van der Waals surface area contributed by atoms with E-state index in [9.17, 15) is 10.2 Å². The molecule has 1 aliphatic carbocycles. The van der Waals surface area contributed by atoms with Crippen LogP contribution >= 0.6 is 12.4 Å². The Balaban J connectivity index is 0.00000162. The van der Waals surface area contributed by atoms with Crippen molar-refractivity contribution in [3.05, 3.63) is 23.3 Å². The lowest BCUT2D eigenvalue weighted by molar-refractivity contribution is 0.246. The maximum atomic E-state index is 9.51. The van der Waals surface area contributed by atoms with E-state index in [0.717, 1.165) is 30.4 Å². The molecule has 0 aromatic heterocycles. The summed E-state index contributed by atoms with van der Waals surface area (Å²) in [5.41, 5.74) is 2.24. The summed E-state index contributed by atoms with van der Waals surface area (Å²) in [6, 6.07) is 3.75. The van der Waals surface area contributed by atoms with Crippen LogP contribution in [-0.4, -0.2) is 34.7 Å². The molecule has 3 nitrogen and oxygen atoms in total. The van der Waals surface area contributed by atoms with Crippen LogP contribution in [0.4, 0.5) is 0 Å². The molecule has 0 heterocycles. The third kappa shape index (κ3) is 2.90. The van der Waals surface area contributed by atoms with Gasteiger partial charge in [-0.1, -0.05) is 5.92 Å². The molecule has 1 aromatic rings. The number of hydrogen-bond acceptors (Lipinski definition) is 3. The predicted octanol–water partition coefficient (Wildman–Crippen LogP) is 1.94. The molecule has 98 valence electrons. The Morgan fingerprint density at radius 1 is 1.33 bits per heavy atom. The molecule has 0 aliphatic heterocycles. The van der Waals surface area contributed by atoms with E-state index in [4.69, 9.17) is 6.42 Å². The van der Waals surface area contributed by atoms with Gasteiger partial charge in [-0.05, 0) is 49.6 Å². The van der Waals surface area contributed by atoms with Crippen LogP contribution in [0.15, 0.2) is 12.1 Å². The van der Waals surface area contributed by atoms with Crippen LogP contribution < -0.4 is 0 Å². The van der Waals surface area contributed by atoms with Crippen LogP contribution in [0.25, 0.3) is 0 Å². The minimum Gasteiger partial charge on any atom is -0.504 e. The average Bonchev–Trinajstić information content (AvgIpc) is 2.30. The summed E-state index contributed by atoms with van der Waals surface area (Å²) >= 11 is 0. The first kappa shape index (κ1) is 14.7. The highest BCUT2D eigenvalue weighted by Gasteiger charge is 2.22. The zero-order valence-electron chi connectivity index (χ0n) is 10.4. The van der Waals surface area contributed by atoms with Gasteiger partial charge in [-0.15, -0.1) is 18.8 Å². The third-order valence-electron chi connectivity index (χ3n) is 3.46. The fraction of sp³-hybridized carbons (Fsp3) is 0.429. The summed E-state index contributed by atoms with van der Waals surface area (Å²) in [5, 5.41) is 19.0. The van der Waals surface area contributed by atoms with E-state index in [1.165, 1.54) is 0 Å². The summed E-state index contributed by atoms with van der Waals surface area (Å²) < 4.78 is 0. The van der Waals surface area contributed by atoms with Crippen molar-refractivity contribution < 1.29 is 10.2 Å². The van der Waals surface area contributed by atoms with Crippen molar-refractivity contribution >= 4 is 12.4 Å². The maximum absolute atomic E-state index is 9.51. The Bertz CT molecular complexity index is 468. The first-order chi connectivity index (χ1) is 8.11. The number of halogens is 1. The molecule has 1 aliphatic rings. The number of terminal acetylenes is 1. The second kappa shape index (κ2) is 5.99. The van der Waals surface area contributed by atoms with Gasteiger partial charge in [-0.25, -0.2) is 0 Å². The quantitative estimate of drug-likeness (QED) is 0.636. The van der Waals surface area contributed by atoms with Crippen molar-refractivity contribution in [1.82, 2.24) is 4.90 Å². The number of hydrogen-bond donors (Lipinski definition) is 2. The molecular formula is C14H18ClNO2. The van der Waals surface area contributed by atoms with E-state index < -0.39 is 0 Å².